The number of ether oxygens (including phenoxy) is 1. The van der Waals surface area contributed by atoms with E-state index in [1.54, 1.807) is 0 Å². The van der Waals surface area contributed by atoms with Crippen molar-refractivity contribution in [2.24, 2.45) is 5.92 Å². The summed E-state index contributed by atoms with van der Waals surface area (Å²) >= 11 is 0. The van der Waals surface area contributed by atoms with Crippen molar-refractivity contribution in [3.63, 3.8) is 0 Å². The molecule has 1 aromatic carbocycles. The van der Waals surface area contributed by atoms with E-state index in [0.29, 0.717) is 25.0 Å². The molecule has 0 bridgehead atoms. The van der Waals surface area contributed by atoms with Gasteiger partial charge in [-0.3, -0.25) is 0 Å². The number of benzene rings is 1. The van der Waals surface area contributed by atoms with Crippen LogP contribution in [-0.2, 0) is 4.74 Å². The number of hydrogen-bond acceptors (Lipinski definition) is 3. The maximum Gasteiger partial charge on any atom is 0.407 e. The lowest BCUT2D eigenvalue weighted by atomic mass is 9.98. The molecule has 0 spiro atoms. The predicted octanol–water partition coefficient (Wildman–Crippen LogP) is 2.97. The molecule has 104 valence electrons. The lowest BCUT2D eigenvalue weighted by Crippen LogP contribution is -2.27. The van der Waals surface area contributed by atoms with Gasteiger partial charge in [0.05, 0.1) is 6.61 Å². The van der Waals surface area contributed by atoms with Crippen LogP contribution in [0.1, 0.15) is 31.7 Å². The SMILES string of the molecule is CC(C)COC(=O)NCCC1CNc2ccccc21. The third-order valence-electron chi connectivity index (χ3n) is 3.25. The van der Waals surface area contributed by atoms with Crippen LogP contribution in [0.3, 0.4) is 0 Å². The van der Waals surface area contributed by atoms with Gasteiger partial charge in [0, 0.05) is 24.7 Å². The number of alkyl carbamates (subject to hydrolysis) is 1. The Labute approximate surface area is 114 Å². The predicted molar refractivity (Wildman–Crippen MR) is 76.5 cm³/mol. The van der Waals surface area contributed by atoms with E-state index in [1.807, 2.05) is 19.9 Å². The molecule has 1 aromatic rings. The van der Waals surface area contributed by atoms with Gasteiger partial charge in [-0.2, -0.15) is 0 Å². The highest BCUT2D eigenvalue weighted by atomic mass is 16.5. The fourth-order valence-corrected chi connectivity index (χ4v) is 2.26. The van der Waals surface area contributed by atoms with Crippen LogP contribution in [0.15, 0.2) is 24.3 Å². The van der Waals surface area contributed by atoms with E-state index in [-0.39, 0.29) is 6.09 Å². The number of para-hydroxylation sites is 1. The second kappa shape index (κ2) is 6.45. The highest BCUT2D eigenvalue weighted by Gasteiger charge is 2.21. The lowest BCUT2D eigenvalue weighted by Gasteiger charge is -2.12. The number of nitrogens with one attached hydrogen (secondary N) is 2. The quantitative estimate of drug-likeness (QED) is 0.857. The van der Waals surface area contributed by atoms with Gasteiger partial charge in [0.15, 0.2) is 0 Å². The molecule has 19 heavy (non-hydrogen) atoms. The van der Waals surface area contributed by atoms with Crippen LogP contribution in [0.2, 0.25) is 0 Å². The minimum atomic E-state index is -0.312. The first-order valence-electron chi connectivity index (χ1n) is 6.90. The fraction of sp³-hybridized carbons (Fsp3) is 0.533. The monoisotopic (exact) mass is 262 g/mol. The topological polar surface area (TPSA) is 50.4 Å². The summed E-state index contributed by atoms with van der Waals surface area (Å²) in [6, 6.07) is 8.34. The Morgan fingerprint density at radius 2 is 2.26 bits per heavy atom. The molecule has 0 fully saturated rings. The van der Waals surface area contributed by atoms with Crippen LogP contribution in [0.25, 0.3) is 0 Å². The minimum absolute atomic E-state index is 0.312. The largest absolute Gasteiger partial charge is 0.449 e. The maximum atomic E-state index is 11.4. The van der Waals surface area contributed by atoms with Crippen molar-refractivity contribution < 1.29 is 9.53 Å². The minimum Gasteiger partial charge on any atom is -0.449 e. The molecule has 0 saturated heterocycles. The first-order chi connectivity index (χ1) is 9.16. The van der Waals surface area contributed by atoms with Crippen molar-refractivity contribution in [3.05, 3.63) is 29.8 Å². The van der Waals surface area contributed by atoms with Gasteiger partial charge in [0.25, 0.3) is 0 Å². The zero-order valence-electron chi connectivity index (χ0n) is 11.6. The average Bonchev–Trinajstić information content (AvgIpc) is 2.80. The number of carbonyl (C=O) groups is 1. The molecule has 0 aliphatic carbocycles. The van der Waals surface area contributed by atoms with Crippen LogP contribution in [-0.4, -0.2) is 25.8 Å². The molecule has 1 amide bonds. The van der Waals surface area contributed by atoms with E-state index in [0.717, 1.165) is 13.0 Å². The number of anilines is 1. The summed E-state index contributed by atoms with van der Waals surface area (Å²) in [5.41, 5.74) is 2.56. The van der Waals surface area contributed by atoms with Crippen molar-refractivity contribution >= 4 is 11.8 Å². The van der Waals surface area contributed by atoms with Crippen LogP contribution < -0.4 is 10.6 Å². The number of carbonyl (C=O) groups excluding carboxylic acids is 1. The van der Waals surface area contributed by atoms with Crippen molar-refractivity contribution in [1.29, 1.82) is 0 Å². The summed E-state index contributed by atoms with van der Waals surface area (Å²) in [7, 11) is 0. The molecular formula is C15H22N2O2. The summed E-state index contributed by atoms with van der Waals surface area (Å²) in [6.45, 7) is 6.11. The summed E-state index contributed by atoms with van der Waals surface area (Å²) in [5, 5.41) is 6.19. The Hall–Kier alpha value is -1.71. The van der Waals surface area contributed by atoms with Gasteiger partial charge in [-0.15, -0.1) is 0 Å². The second-order valence-corrected chi connectivity index (χ2v) is 5.37. The third-order valence-corrected chi connectivity index (χ3v) is 3.25. The van der Waals surface area contributed by atoms with Gasteiger partial charge in [0.1, 0.15) is 0 Å². The molecule has 4 nitrogen and oxygen atoms in total. The smallest absolute Gasteiger partial charge is 0.407 e. The van der Waals surface area contributed by atoms with Gasteiger partial charge < -0.3 is 15.4 Å². The van der Waals surface area contributed by atoms with E-state index in [2.05, 4.69) is 28.8 Å². The number of amides is 1. The van der Waals surface area contributed by atoms with E-state index >= 15 is 0 Å². The molecule has 2 N–H and O–H groups in total. The Balaban J connectivity index is 1.71. The average molecular weight is 262 g/mol. The molecule has 0 radical (unpaired) electrons. The molecular weight excluding hydrogens is 240 g/mol. The van der Waals surface area contributed by atoms with E-state index in [9.17, 15) is 4.79 Å². The summed E-state index contributed by atoms with van der Waals surface area (Å²) < 4.78 is 5.07. The number of fused-ring (bicyclic) bond motifs is 1. The zero-order valence-corrected chi connectivity index (χ0v) is 11.6. The molecule has 4 heteroatoms. The van der Waals surface area contributed by atoms with Crippen molar-refractivity contribution in [1.82, 2.24) is 5.32 Å². The summed E-state index contributed by atoms with van der Waals surface area (Å²) in [6.07, 6.45) is 0.619. The highest BCUT2D eigenvalue weighted by molar-refractivity contribution is 5.67. The van der Waals surface area contributed by atoms with E-state index in [4.69, 9.17) is 4.74 Å². The van der Waals surface area contributed by atoms with Crippen molar-refractivity contribution in [2.45, 2.75) is 26.2 Å². The number of hydrogen-bond donors (Lipinski definition) is 2. The molecule has 1 heterocycles. The standard InChI is InChI=1S/C15H22N2O2/c1-11(2)10-19-15(18)16-8-7-12-9-17-14-6-4-3-5-13(12)14/h3-6,11-12,17H,7-10H2,1-2H3,(H,16,18). The van der Waals surface area contributed by atoms with E-state index in [1.165, 1.54) is 11.3 Å². The normalized spacial score (nSPS) is 16.9. The molecule has 1 aliphatic heterocycles. The molecule has 2 rings (SSSR count). The van der Waals surface area contributed by atoms with Crippen LogP contribution in [0, 0.1) is 5.92 Å². The van der Waals surface area contributed by atoms with E-state index < -0.39 is 0 Å². The van der Waals surface area contributed by atoms with Gasteiger partial charge >= 0.3 is 6.09 Å². The lowest BCUT2D eigenvalue weighted by molar-refractivity contribution is 0.133. The number of rotatable bonds is 5. The Kier molecular flexibility index (Phi) is 4.66. The Morgan fingerprint density at radius 1 is 1.47 bits per heavy atom. The van der Waals surface area contributed by atoms with Crippen LogP contribution >= 0.6 is 0 Å². The van der Waals surface area contributed by atoms with Gasteiger partial charge in [-0.1, -0.05) is 32.0 Å². The molecule has 1 aliphatic rings. The summed E-state index contributed by atoms with van der Waals surface area (Å²) in [5.74, 6) is 0.846. The fourth-order valence-electron chi connectivity index (χ4n) is 2.26. The van der Waals surface area contributed by atoms with Gasteiger partial charge in [-0.25, -0.2) is 4.79 Å². The second-order valence-electron chi connectivity index (χ2n) is 5.37. The molecule has 0 aromatic heterocycles. The van der Waals surface area contributed by atoms with Gasteiger partial charge in [-0.05, 0) is 24.0 Å². The highest BCUT2D eigenvalue weighted by Crippen LogP contribution is 2.32. The summed E-state index contributed by atoms with van der Waals surface area (Å²) in [4.78, 5) is 11.4. The first kappa shape index (κ1) is 13.7. The molecule has 0 saturated carbocycles. The van der Waals surface area contributed by atoms with Gasteiger partial charge in [0.2, 0.25) is 0 Å². The van der Waals surface area contributed by atoms with Crippen LogP contribution in [0.5, 0.6) is 0 Å². The van der Waals surface area contributed by atoms with Crippen molar-refractivity contribution in [3.8, 4) is 0 Å². The van der Waals surface area contributed by atoms with Crippen LogP contribution in [0.4, 0.5) is 10.5 Å². The Morgan fingerprint density at radius 3 is 3.05 bits per heavy atom. The molecule has 1 atom stereocenters. The molecule has 1 unspecified atom stereocenters. The zero-order chi connectivity index (χ0) is 13.7. The van der Waals surface area contributed by atoms with Crippen molar-refractivity contribution in [2.75, 3.05) is 25.0 Å². The maximum absolute atomic E-state index is 11.4. The third kappa shape index (κ3) is 3.88. The Bertz CT molecular complexity index is 432. The first-order valence-corrected chi connectivity index (χ1v) is 6.90.